The molecule has 0 aliphatic heterocycles. The van der Waals surface area contributed by atoms with Crippen LogP contribution >= 0.6 is 15.6 Å². The van der Waals surface area contributed by atoms with E-state index in [2.05, 4.69) is 54.8 Å². The van der Waals surface area contributed by atoms with Crippen LogP contribution in [0.5, 0.6) is 0 Å². The molecule has 0 heterocycles. The Morgan fingerprint density at radius 3 is 1.55 bits per heavy atom. The fraction of sp³-hybridized carbons (Fsp3) is 0.600. The van der Waals surface area contributed by atoms with Crippen LogP contribution in [0.25, 0.3) is 0 Å². The van der Waals surface area contributed by atoms with Crippen LogP contribution in [0.3, 0.4) is 0 Å². The number of phosphoric acid groups is 2. The van der Waals surface area contributed by atoms with Crippen molar-refractivity contribution in [1.82, 2.24) is 0 Å². The molecule has 0 rings (SSSR count). The SMILES string of the molecule is CC(C)=CCC/C(C)=C/CC/C(C)=C/CC/C(C)=C\COP(=O)(O)OP(=O)(O)O. The first-order valence-electron chi connectivity index (χ1n) is 9.65. The van der Waals surface area contributed by atoms with Gasteiger partial charge in [0, 0.05) is 0 Å². The Morgan fingerprint density at radius 1 is 0.724 bits per heavy atom. The van der Waals surface area contributed by atoms with E-state index in [1.165, 1.54) is 16.7 Å². The van der Waals surface area contributed by atoms with Crippen LogP contribution in [0.4, 0.5) is 0 Å². The van der Waals surface area contributed by atoms with Crippen LogP contribution in [0.1, 0.15) is 73.1 Å². The maximum Gasteiger partial charge on any atom is 0.481 e. The van der Waals surface area contributed by atoms with E-state index in [0.29, 0.717) is 0 Å². The molecular weight excluding hydrogens is 414 g/mol. The summed E-state index contributed by atoms with van der Waals surface area (Å²) in [5.74, 6) is 0. The molecule has 0 aromatic rings. The topological polar surface area (TPSA) is 113 Å². The molecule has 0 fully saturated rings. The maximum absolute atomic E-state index is 11.3. The molecule has 0 aromatic carbocycles. The predicted molar refractivity (Wildman–Crippen MR) is 117 cm³/mol. The third-order valence-corrected chi connectivity index (χ3v) is 6.18. The van der Waals surface area contributed by atoms with Gasteiger partial charge >= 0.3 is 15.6 Å². The van der Waals surface area contributed by atoms with Crippen molar-refractivity contribution in [2.24, 2.45) is 0 Å². The molecule has 0 radical (unpaired) electrons. The van der Waals surface area contributed by atoms with Crippen molar-refractivity contribution in [1.29, 1.82) is 0 Å². The molecule has 3 N–H and O–H groups in total. The van der Waals surface area contributed by atoms with Crippen LogP contribution < -0.4 is 0 Å². The van der Waals surface area contributed by atoms with Crippen molar-refractivity contribution in [2.45, 2.75) is 73.1 Å². The normalized spacial score (nSPS) is 15.9. The summed E-state index contributed by atoms with van der Waals surface area (Å²) in [5.41, 5.74) is 5.03. The first-order valence-corrected chi connectivity index (χ1v) is 12.7. The number of allylic oxidation sites excluding steroid dienone is 7. The molecule has 0 saturated heterocycles. The number of rotatable bonds is 14. The zero-order valence-corrected chi connectivity index (χ0v) is 19.9. The molecule has 7 nitrogen and oxygen atoms in total. The molecule has 0 bridgehead atoms. The van der Waals surface area contributed by atoms with Gasteiger partial charge in [-0.3, -0.25) is 4.52 Å². The summed E-state index contributed by atoms with van der Waals surface area (Å²) in [6.45, 7) is 10.1. The van der Waals surface area contributed by atoms with Gasteiger partial charge in [0.1, 0.15) is 0 Å². The van der Waals surface area contributed by atoms with E-state index in [1.807, 2.05) is 6.92 Å². The summed E-state index contributed by atoms with van der Waals surface area (Å²) in [6.07, 6.45) is 14.1. The van der Waals surface area contributed by atoms with Crippen LogP contribution in [0, 0.1) is 0 Å². The lowest BCUT2D eigenvalue weighted by atomic mass is 10.0. The van der Waals surface area contributed by atoms with Crippen molar-refractivity contribution >= 4 is 15.6 Å². The van der Waals surface area contributed by atoms with Crippen molar-refractivity contribution < 1.29 is 32.6 Å². The van der Waals surface area contributed by atoms with E-state index in [9.17, 15) is 14.0 Å². The molecule has 29 heavy (non-hydrogen) atoms. The first kappa shape index (κ1) is 28.2. The van der Waals surface area contributed by atoms with E-state index in [0.717, 1.165) is 44.1 Å². The lowest BCUT2D eigenvalue weighted by molar-refractivity contribution is 0.191. The Balaban J connectivity index is 4.20. The fourth-order valence-electron chi connectivity index (χ4n) is 2.42. The molecule has 0 spiro atoms. The fourth-order valence-corrected chi connectivity index (χ4v) is 3.95. The summed E-state index contributed by atoms with van der Waals surface area (Å²) in [6, 6.07) is 0. The van der Waals surface area contributed by atoms with E-state index in [-0.39, 0.29) is 6.61 Å². The van der Waals surface area contributed by atoms with Crippen molar-refractivity contribution in [3.05, 3.63) is 46.6 Å². The lowest BCUT2D eigenvalue weighted by Crippen LogP contribution is -1.94. The predicted octanol–water partition coefficient (Wildman–Crippen LogP) is 6.36. The molecule has 0 saturated carbocycles. The summed E-state index contributed by atoms with van der Waals surface area (Å²) in [5, 5.41) is 0. The number of hydrogen-bond donors (Lipinski definition) is 3. The summed E-state index contributed by atoms with van der Waals surface area (Å²) < 4.78 is 30.1. The number of phosphoric ester groups is 1. The minimum Gasteiger partial charge on any atom is -0.302 e. The molecule has 168 valence electrons. The van der Waals surface area contributed by atoms with Gasteiger partial charge < -0.3 is 14.7 Å². The average Bonchev–Trinajstić information content (AvgIpc) is 2.51. The van der Waals surface area contributed by atoms with Gasteiger partial charge in [-0.15, -0.1) is 0 Å². The Bertz CT molecular complexity index is 710. The van der Waals surface area contributed by atoms with Gasteiger partial charge in [-0.2, -0.15) is 4.31 Å². The van der Waals surface area contributed by atoms with Crippen molar-refractivity contribution in [3.63, 3.8) is 0 Å². The Hall–Kier alpha value is -0.780. The highest BCUT2D eigenvalue weighted by atomic mass is 31.3. The molecule has 9 heteroatoms. The van der Waals surface area contributed by atoms with Gasteiger partial charge in [-0.25, -0.2) is 9.13 Å². The van der Waals surface area contributed by atoms with Crippen LogP contribution in [-0.2, 0) is 18.0 Å². The second-order valence-corrected chi connectivity index (χ2v) is 10.2. The van der Waals surface area contributed by atoms with Gasteiger partial charge in [0.25, 0.3) is 0 Å². The smallest absolute Gasteiger partial charge is 0.302 e. The van der Waals surface area contributed by atoms with E-state index < -0.39 is 15.6 Å². The van der Waals surface area contributed by atoms with Gasteiger partial charge in [0.2, 0.25) is 0 Å². The highest BCUT2D eigenvalue weighted by molar-refractivity contribution is 7.60. The molecule has 1 atom stereocenters. The monoisotopic (exact) mass is 450 g/mol. The lowest BCUT2D eigenvalue weighted by Gasteiger charge is -2.11. The third-order valence-electron chi connectivity index (χ3n) is 4.03. The highest BCUT2D eigenvalue weighted by Crippen LogP contribution is 2.57. The van der Waals surface area contributed by atoms with Crippen LogP contribution in [0.15, 0.2) is 46.6 Å². The molecule has 0 aliphatic carbocycles. The largest absolute Gasteiger partial charge is 0.481 e. The van der Waals surface area contributed by atoms with Gasteiger partial charge in [-0.1, -0.05) is 46.6 Å². The Morgan fingerprint density at radius 2 is 1.14 bits per heavy atom. The van der Waals surface area contributed by atoms with E-state index in [4.69, 9.17) is 9.79 Å². The second-order valence-electron chi connectivity index (χ2n) is 7.39. The molecule has 1 unspecified atom stereocenters. The van der Waals surface area contributed by atoms with E-state index >= 15 is 0 Å². The zero-order chi connectivity index (χ0) is 22.5. The average molecular weight is 450 g/mol. The standard InChI is InChI=1S/C20H36O7P2/c1-17(2)9-6-10-18(3)11-7-12-19(4)13-8-14-20(5)15-16-26-29(24,25)27-28(21,22)23/h9,11,13,15H,6-8,10,12,14,16H2,1-5H3,(H,24,25)(H2,21,22,23)/b18-11+,19-13+,20-15-. The molecule has 0 amide bonds. The van der Waals surface area contributed by atoms with Crippen molar-refractivity contribution in [2.75, 3.05) is 6.61 Å². The molecular formula is C20H36O7P2. The highest BCUT2D eigenvalue weighted by Gasteiger charge is 2.31. The van der Waals surface area contributed by atoms with E-state index in [1.54, 1.807) is 6.08 Å². The second kappa shape index (κ2) is 14.3. The maximum atomic E-state index is 11.3. The summed E-state index contributed by atoms with van der Waals surface area (Å²) in [4.78, 5) is 26.2. The minimum absolute atomic E-state index is 0.265. The van der Waals surface area contributed by atoms with Crippen LogP contribution in [-0.4, -0.2) is 21.3 Å². The van der Waals surface area contributed by atoms with Gasteiger partial charge in [-0.05, 0) is 73.1 Å². The van der Waals surface area contributed by atoms with Crippen LogP contribution in [0.2, 0.25) is 0 Å². The Labute approximate surface area is 175 Å². The number of hydrogen-bond acceptors (Lipinski definition) is 4. The Kier molecular flexibility index (Phi) is 13.9. The first-order chi connectivity index (χ1) is 13.3. The summed E-state index contributed by atoms with van der Waals surface area (Å²) in [7, 11) is -9.85. The quantitative estimate of drug-likeness (QED) is 0.208. The molecule has 0 aromatic heterocycles. The zero-order valence-electron chi connectivity index (χ0n) is 18.1. The molecule has 0 aliphatic rings. The third kappa shape index (κ3) is 19.0. The van der Waals surface area contributed by atoms with Gasteiger partial charge in [0.15, 0.2) is 0 Å². The van der Waals surface area contributed by atoms with Gasteiger partial charge in [0.05, 0.1) is 6.61 Å². The summed E-state index contributed by atoms with van der Waals surface area (Å²) >= 11 is 0. The van der Waals surface area contributed by atoms with Crippen molar-refractivity contribution in [3.8, 4) is 0 Å². The minimum atomic E-state index is -5.08.